The van der Waals surface area contributed by atoms with Crippen molar-refractivity contribution in [2.75, 3.05) is 6.61 Å². The van der Waals surface area contributed by atoms with Crippen LogP contribution in [0.25, 0.3) is 0 Å². The number of ether oxygens (including phenoxy) is 1. The molecule has 1 aliphatic rings. The van der Waals surface area contributed by atoms with E-state index in [-0.39, 0.29) is 5.97 Å². The smallest absolute Gasteiger partial charge is 0.333 e. The third-order valence-electron chi connectivity index (χ3n) is 2.92. The van der Waals surface area contributed by atoms with Crippen LogP contribution < -0.4 is 0 Å². The molecule has 0 bridgehead atoms. The van der Waals surface area contributed by atoms with Crippen molar-refractivity contribution in [3.8, 4) is 0 Å². The minimum atomic E-state index is -1.05. The standard InChI is InChI=1S/C13H14ClNO2/c1-10(13(14)7-8-17-12(13)16)15-9-11-5-3-2-4-6-11/h2-6H,7-9H2,1H3. The van der Waals surface area contributed by atoms with Gasteiger partial charge in [-0.1, -0.05) is 41.9 Å². The van der Waals surface area contributed by atoms with Crippen molar-refractivity contribution in [3.05, 3.63) is 35.9 Å². The van der Waals surface area contributed by atoms with Crippen LogP contribution >= 0.6 is 11.6 Å². The molecule has 3 nitrogen and oxygen atoms in total. The molecule has 1 atom stereocenters. The number of nitrogens with zero attached hydrogens (tertiary/aromatic N) is 1. The molecule has 1 aromatic rings. The van der Waals surface area contributed by atoms with Crippen LogP contribution in [0.2, 0.25) is 0 Å². The van der Waals surface area contributed by atoms with E-state index < -0.39 is 4.87 Å². The molecule has 90 valence electrons. The second-order valence-corrected chi connectivity index (χ2v) is 4.72. The molecule has 0 aliphatic carbocycles. The fourth-order valence-electron chi connectivity index (χ4n) is 1.75. The Morgan fingerprint density at radius 1 is 1.47 bits per heavy atom. The molecule has 0 saturated carbocycles. The van der Waals surface area contributed by atoms with Crippen LogP contribution in [-0.4, -0.2) is 23.2 Å². The third kappa shape index (κ3) is 2.50. The maximum absolute atomic E-state index is 11.5. The number of aliphatic imine (C=N–C) groups is 1. The predicted octanol–water partition coefficient (Wildman–Crippen LogP) is 2.57. The van der Waals surface area contributed by atoms with Crippen LogP contribution in [0.3, 0.4) is 0 Å². The molecule has 0 amide bonds. The Labute approximate surface area is 105 Å². The van der Waals surface area contributed by atoms with E-state index >= 15 is 0 Å². The highest BCUT2D eigenvalue weighted by Crippen LogP contribution is 2.29. The normalized spacial score (nSPS) is 24.8. The maximum atomic E-state index is 11.5. The summed E-state index contributed by atoms with van der Waals surface area (Å²) in [7, 11) is 0. The summed E-state index contributed by atoms with van der Waals surface area (Å²) in [5.74, 6) is -0.381. The Morgan fingerprint density at radius 3 is 2.76 bits per heavy atom. The second-order valence-electron chi connectivity index (χ2n) is 4.07. The minimum Gasteiger partial charge on any atom is -0.464 e. The number of hydrogen-bond acceptors (Lipinski definition) is 3. The highest BCUT2D eigenvalue weighted by molar-refractivity contribution is 6.46. The highest BCUT2D eigenvalue weighted by Gasteiger charge is 2.45. The van der Waals surface area contributed by atoms with E-state index in [1.165, 1.54) is 0 Å². The molecule has 4 heteroatoms. The van der Waals surface area contributed by atoms with Gasteiger partial charge in [0.15, 0.2) is 4.87 Å². The summed E-state index contributed by atoms with van der Waals surface area (Å²) < 4.78 is 4.89. The molecule has 1 aromatic carbocycles. The molecular formula is C13H14ClNO2. The molecule has 1 aliphatic heterocycles. The molecule has 0 aromatic heterocycles. The van der Waals surface area contributed by atoms with Crippen molar-refractivity contribution in [1.82, 2.24) is 0 Å². The van der Waals surface area contributed by atoms with E-state index in [9.17, 15) is 4.79 Å². The second kappa shape index (κ2) is 4.88. The number of carbonyl (C=O) groups excluding carboxylic acids is 1. The number of rotatable bonds is 3. The van der Waals surface area contributed by atoms with Crippen molar-refractivity contribution >= 4 is 23.3 Å². The number of halogens is 1. The molecule has 0 N–H and O–H groups in total. The van der Waals surface area contributed by atoms with E-state index in [1.807, 2.05) is 30.3 Å². The summed E-state index contributed by atoms with van der Waals surface area (Å²) in [4.78, 5) is 14.8. The van der Waals surface area contributed by atoms with Crippen molar-refractivity contribution in [2.45, 2.75) is 24.8 Å². The molecule has 1 heterocycles. The largest absolute Gasteiger partial charge is 0.464 e. The Balaban J connectivity index is 2.10. The number of esters is 1. The summed E-state index contributed by atoms with van der Waals surface area (Å²) in [6.45, 7) is 2.69. The lowest BCUT2D eigenvalue weighted by Crippen LogP contribution is -2.35. The van der Waals surface area contributed by atoms with Gasteiger partial charge in [0, 0.05) is 12.1 Å². The van der Waals surface area contributed by atoms with Gasteiger partial charge < -0.3 is 4.74 Å². The SMILES string of the molecule is CC(=NCc1ccccc1)C1(Cl)CCOC1=O. The Morgan fingerprint density at radius 2 is 2.18 bits per heavy atom. The average molecular weight is 252 g/mol. The van der Waals surface area contributed by atoms with Crippen molar-refractivity contribution in [2.24, 2.45) is 4.99 Å². The molecule has 17 heavy (non-hydrogen) atoms. The van der Waals surface area contributed by atoms with E-state index in [2.05, 4.69) is 4.99 Å². The van der Waals surface area contributed by atoms with Gasteiger partial charge in [0.1, 0.15) is 0 Å². The summed E-state index contributed by atoms with van der Waals surface area (Å²) in [6.07, 6.45) is 0.498. The Kier molecular flexibility index (Phi) is 3.48. The Hall–Kier alpha value is -1.35. The molecule has 2 rings (SSSR count). The van der Waals surface area contributed by atoms with Crippen LogP contribution in [0.1, 0.15) is 18.9 Å². The van der Waals surface area contributed by atoms with Crippen molar-refractivity contribution in [1.29, 1.82) is 0 Å². The zero-order valence-corrected chi connectivity index (χ0v) is 10.4. The summed E-state index contributed by atoms with van der Waals surface area (Å²) in [5.41, 5.74) is 1.73. The van der Waals surface area contributed by atoms with E-state index in [4.69, 9.17) is 16.3 Å². The monoisotopic (exact) mass is 251 g/mol. The van der Waals surface area contributed by atoms with Gasteiger partial charge in [0.25, 0.3) is 0 Å². The summed E-state index contributed by atoms with van der Waals surface area (Å²) >= 11 is 6.23. The Bertz CT molecular complexity index is 444. The van der Waals surface area contributed by atoms with Crippen LogP contribution in [-0.2, 0) is 16.1 Å². The van der Waals surface area contributed by atoms with Crippen molar-refractivity contribution < 1.29 is 9.53 Å². The molecule has 1 unspecified atom stereocenters. The van der Waals surface area contributed by atoms with Crippen LogP contribution in [0.15, 0.2) is 35.3 Å². The van der Waals surface area contributed by atoms with Gasteiger partial charge in [-0.15, -0.1) is 0 Å². The number of hydrogen-bond donors (Lipinski definition) is 0. The summed E-state index contributed by atoms with van der Waals surface area (Å²) in [5, 5.41) is 0. The molecule has 1 saturated heterocycles. The summed E-state index contributed by atoms with van der Waals surface area (Å²) in [6, 6.07) is 9.85. The van der Waals surface area contributed by atoms with Gasteiger partial charge in [0.2, 0.25) is 0 Å². The van der Waals surface area contributed by atoms with Gasteiger partial charge in [-0.3, -0.25) is 4.99 Å². The van der Waals surface area contributed by atoms with E-state index in [0.29, 0.717) is 25.3 Å². The zero-order chi connectivity index (χ0) is 12.3. The van der Waals surface area contributed by atoms with Crippen LogP contribution in [0, 0.1) is 0 Å². The predicted molar refractivity (Wildman–Crippen MR) is 67.4 cm³/mol. The van der Waals surface area contributed by atoms with E-state index in [0.717, 1.165) is 5.56 Å². The van der Waals surface area contributed by atoms with Gasteiger partial charge >= 0.3 is 5.97 Å². The lowest BCUT2D eigenvalue weighted by atomic mass is 10.0. The first-order valence-electron chi connectivity index (χ1n) is 5.54. The number of alkyl halides is 1. The van der Waals surface area contributed by atoms with Crippen LogP contribution in [0.4, 0.5) is 0 Å². The van der Waals surface area contributed by atoms with Gasteiger partial charge in [-0.2, -0.15) is 0 Å². The van der Waals surface area contributed by atoms with Gasteiger partial charge in [0.05, 0.1) is 13.2 Å². The third-order valence-corrected chi connectivity index (χ3v) is 3.54. The topological polar surface area (TPSA) is 38.7 Å². The first-order valence-corrected chi connectivity index (χ1v) is 5.92. The number of cyclic esters (lactones) is 1. The fraction of sp³-hybridized carbons (Fsp3) is 0.385. The fourth-order valence-corrected chi connectivity index (χ4v) is 1.94. The van der Waals surface area contributed by atoms with Gasteiger partial charge in [-0.25, -0.2) is 4.79 Å². The first kappa shape index (κ1) is 12.1. The van der Waals surface area contributed by atoms with Crippen molar-refractivity contribution in [3.63, 3.8) is 0 Å². The minimum absolute atomic E-state index is 0.376. The lowest BCUT2D eigenvalue weighted by molar-refractivity contribution is -0.138. The first-order chi connectivity index (χ1) is 8.13. The average Bonchev–Trinajstić information content (AvgIpc) is 2.69. The zero-order valence-electron chi connectivity index (χ0n) is 9.65. The van der Waals surface area contributed by atoms with E-state index in [1.54, 1.807) is 6.92 Å². The number of benzene rings is 1. The van der Waals surface area contributed by atoms with Gasteiger partial charge in [-0.05, 0) is 12.5 Å². The molecular weight excluding hydrogens is 238 g/mol. The lowest BCUT2D eigenvalue weighted by Gasteiger charge is -2.15. The number of carbonyl (C=O) groups is 1. The molecule has 0 spiro atoms. The molecule has 1 fully saturated rings. The quantitative estimate of drug-likeness (QED) is 0.471. The molecule has 0 radical (unpaired) electrons. The highest BCUT2D eigenvalue weighted by atomic mass is 35.5. The maximum Gasteiger partial charge on any atom is 0.333 e. The van der Waals surface area contributed by atoms with Crippen LogP contribution in [0.5, 0.6) is 0 Å².